The van der Waals surface area contributed by atoms with E-state index in [0.717, 1.165) is 0 Å². The number of hydrogen-bond donors (Lipinski definition) is 3. The summed E-state index contributed by atoms with van der Waals surface area (Å²) in [5.74, 6) is 0. The summed E-state index contributed by atoms with van der Waals surface area (Å²) in [5.41, 5.74) is 6.55. The first-order chi connectivity index (χ1) is 8.37. The van der Waals surface area contributed by atoms with Gasteiger partial charge in [0, 0.05) is 24.3 Å². The van der Waals surface area contributed by atoms with Gasteiger partial charge in [0.05, 0.1) is 0 Å². The van der Waals surface area contributed by atoms with Crippen molar-refractivity contribution >= 4 is 17.4 Å². The number of amides is 2. The third-order valence-electron chi connectivity index (χ3n) is 2.09. The number of nitrogen functional groups attached to an aromatic ring is 1. The quantitative estimate of drug-likeness (QED) is 0.576. The number of benzene rings is 1. The molecule has 0 saturated heterocycles. The zero-order valence-electron chi connectivity index (χ0n) is 9.55. The topological polar surface area (TPSA) is 67.1 Å². The first-order valence-corrected chi connectivity index (χ1v) is 5.34. The number of anilines is 2. The van der Waals surface area contributed by atoms with Crippen LogP contribution in [-0.4, -0.2) is 18.8 Å². The molecule has 0 saturated carbocycles. The Kier molecular flexibility index (Phi) is 4.82. The molecule has 0 fully saturated rings. The van der Waals surface area contributed by atoms with Crippen molar-refractivity contribution in [1.82, 2.24) is 5.32 Å². The van der Waals surface area contributed by atoms with E-state index in [4.69, 9.17) is 5.73 Å². The lowest BCUT2D eigenvalue weighted by Gasteiger charge is -2.09. The first-order valence-electron chi connectivity index (χ1n) is 5.34. The summed E-state index contributed by atoms with van der Waals surface area (Å²) in [6.07, 6.45) is -5.23. The van der Waals surface area contributed by atoms with E-state index in [1.807, 2.05) is 0 Å². The van der Waals surface area contributed by atoms with Crippen LogP contribution in [-0.2, 0) is 0 Å². The Bertz CT molecular complexity index is 390. The van der Waals surface area contributed by atoms with Crippen LogP contribution >= 0.6 is 0 Å². The van der Waals surface area contributed by atoms with Gasteiger partial charge < -0.3 is 16.4 Å². The molecule has 0 radical (unpaired) electrons. The molecule has 1 aromatic rings. The second-order valence-corrected chi connectivity index (χ2v) is 3.72. The maximum atomic E-state index is 11.8. The van der Waals surface area contributed by atoms with Crippen LogP contribution in [0.4, 0.5) is 29.3 Å². The van der Waals surface area contributed by atoms with Gasteiger partial charge in [-0.25, -0.2) is 4.79 Å². The van der Waals surface area contributed by atoms with Crippen molar-refractivity contribution in [2.45, 2.75) is 19.0 Å². The van der Waals surface area contributed by atoms with Gasteiger partial charge >= 0.3 is 12.2 Å². The monoisotopic (exact) mass is 261 g/mol. The van der Waals surface area contributed by atoms with Crippen LogP contribution in [0.25, 0.3) is 0 Å². The zero-order valence-corrected chi connectivity index (χ0v) is 9.55. The smallest absolute Gasteiger partial charge is 0.389 e. The number of hydrogen-bond acceptors (Lipinski definition) is 2. The highest BCUT2D eigenvalue weighted by molar-refractivity contribution is 5.89. The number of nitrogens with one attached hydrogen (secondary N) is 2. The van der Waals surface area contributed by atoms with Gasteiger partial charge in [-0.15, -0.1) is 0 Å². The van der Waals surface area contributed by atoms with Crippen LogP contribution in [0, 0.1) is 0 Å². The minimum atomic E-state index is -4.19. The molecule has 0 heterocycles. The van der Waals surface area contributed by atoms with Crippen molar-refractivity contribution < 1.29 is 18.0 Å². The summed E-state index contributed by atoms with van der Waals surface area (Å²) in [5, 5.41) is 4.82. The van der Waals surface area contributed by atoms with E-state index < -0.39 is 18.6 Å². The number of rotatable bonds is 4. The largest absolute Gasteiger partial charge is 0.399 e. The molecule has 4 N–H and O–H groups in total. The molecule has 0 bridgehead atoms. The van der Waals surface area contributed by atoms with Gasteiger partial charge in [0.1, 0.15) is 0 Å². The third kappa shape index (κ3) is 5.97. The number of nitrogens with two attached hydrogens (primary N) is 1. The molecular formula is C11H14F3N3O. The molecule has 4 nitrogen and oxygen atoms in total. The second kappa shape index (κ2) is 6.13. The average molecular weight is 261 g/mol. The predicted molar refractivity (Wildman–Crippen MR) is 63.2 cm³/mol. The van der Waals surface area contributed by atoms with Crippen molar-refractivity contribution in [3.8, 4) is 0 Å². The number of carbonyl (C=O) groups excluding carboxylic acids is 1. The van der Waals surface area contributed by atoms with Crippen LogP contribution < -0.4 is 16.4 Å². The number of alkyl halides is 3. The molecule has 0 aliphatic heterocycles. The molecule has 0 unspecified atom stereocenters. The van der Waals surface area contributed by atoms with Crippen LogP contribution in [0.2, 0.25) is 0 Å². The number of carbonyl (C=O) groups is 1. The normalized spacial score (nSPS) is 11.1. The van der Waals surface area contributed by atoms with Crippen molar-refractivity contribution in [2.24, 2.45) is 0 Å². The molecule has 0 aliphatic carbocycles. The molecule has 0 aliphatic rings. The average Bonchev–Trinajstić information content (AvgIpc) is 2.26. The number of urea groups is 1. The Morgan fingerprint density at radius 3 is 2.39 bits per heavy atom. The van der Waals surface area contributed by atoms with Crippen LogP contribution in [0.1, 0.15) is 12.8 Å². The Balaban J connectivity index is 2.24. The standard InChI is InChI=1S/C11H14F3N3O/c12-11(13,14)6-1-7-16-10(18)17-9-4-2-8(15)3-5-9/h2-5H,1,6-7,15H2,(H2,16,17,18). The van der Waals surface area contributed by atoms with Gasteiger partial charge in [-0.3, -0.25) is 0 Å². The second-order valence-electron chi connectivity index (χ2n) is 3.72. The Labute approximate surface area is 102 Å². The highest BCUT2D eigenvalue weighted by Gasteiger charge is 2.25. The van der Waals surface area contributed by atoms with E-state index in [9.17, 15) is 18.0 Å². The maximum Gasteiger partial charge on any atom is 0.389 e. The zero-order chi connectivity index (χ0) is 13.6. The SMILES string of the molecule is Nc1ccc(NC(=O)NCCCC(F)(F)F)cc1. The van der Waals surface area contributed by atoms with Crippen LogP contribution in [0.3, 0.4) is 0 Å². The summed E-state index contributed by atoms with van der Waals surface area (Å²) < 4.78 is 35.5. The molecule has 0 spiro atoms. The van der Waals surface area contributed by atoms with Crippen molar-refractivity contribution in [3.05, 3.63) is 24.3 Å². The Morgan fingerprint density at radius 1 is 1.22 bits per heavy atom. The predicted octanol–water partition coefficient (Wildman–Crippen LogP) is 2.73. The van der Waals surface area contributed by atoms with E-state index in [2.05, 4.69) is 10.6 Å². The summed E-state index contributed by atoms with van der Waals surface area (Å²) in [4.78, 5) is 11.3. The van der Waals surface area contributed by atoms with Crippen molar-refractivity contribution in [1.29, 1.82) is 0 Å². The minimum absolute atomic E-state index is 0.0275. The van der Waals surface area contributed by atoms with Crippen LogP contribution in [0.15, 0.2) is 24.3 Å². The molecule has 1 aromatic carbocycles. The van der Waals surface area contributed by atoms with E-state index in [0.29, 0.717) is 11.4 Å². The summed E-state index contributed by atoms with van der Waals surface area (Å²) >= 11 is 0. The fraction of sp³-hybridized carbons (Fsp3) is 0.364. The summed E-state index contributed by atoms with van der Waals surface area (Å²) in [7, 11) is 0. The van der Waals surface area contributed by atoms with E-state index in [1.54, 1.807) is 24.3 Å². The number of halogens is 3. The lowest BCUT2D eigenvalue weighted by atomic mass is 10.3. The molecule has 0 aromatic heterocycles. The van der Waals surface area contributed by atoms with E-state index >= 15 is 0 Å². The van der Waals surface area contributed by atoms with E-state index in [-0.39, 0.29) is 13.0 Å². The molecular weight excluding hydrogens is 247 g/mol. The maximum absolute atomic E-state index is 11.8. The van der Waals surface area contributed by atoms with Crippen LogP contribution in [0.5, 0.6) is 0 Å². The molecule has 100 valence electrons. The first kappa shape index (κ1) is 14.1. The fourth-order valence-electron chi connectivity index (χ4n) is 1.23. The summed E-state index contributed by atoms with van der Waals surface area (Å²) in [6.45, 7) is -0.0275. The molecule has 1 rings (SSSR count). The molecule has 2 amide bonds. The highest BCUT2D eigenvalue weighted by Crippen LogP contribution is 2.20. The highest BCUT2D eigenvalue weighted by atomic mass is 19.4. The van der Waals surface area contributed by atoms with Gasteiger partial charge in [-0.05, 0) is 30.7 Å². The Hall–Kier alpha value is -1.92. The van der Waals surface area contributed by atoms with Crippen molar-refractivity contribution in [3.63, 3.8) is 0 Å². The lowest BCUT2D eigenvalue weighted by molar-refractivity contribution is -0.135. The van der Waals surface area contributed by atoms with Gasteiger partial charge in [0.15, 0.2) is 0 Å². The summed E-state index contributed by atoms with van der Waals surface area (Å²) in [6, 6.07) is 5.88. The van der Waals surface area contributed by atoms with Gasteiger partial charge in [-0.1, -0.05) is 0 Å². The van der Waals surface area contributed by atoms with Gasteiger partial charge in [0.25, 0.3) is 0 Å². The van der Waals surface area contributed by atoms with Gasteiger partial charge in [0.2, 0.25) is 0 Å². The minimum Gasteiger partial charge on any atom is -0.399 e. The lowest BCUT2D eigenvalue weighted by Crippen LogP contribution is -2.30. The fourth-order valence-corrected chi connectivity index (χ4v) is 1.23. The van der Waals surface area contributed by atoms with Gasteiger partial charge in [-0.2, -0.15) is 13.2 Å². The Morgan fingerprint density at radius 2 is 1.83 bits per heavy atom. The van der Waals surface area contributed by atoms with Crippen molar-refractivity contribution in [2.75, 3.05) is 17.6 Å². The third-order valence-corrected chi connectivity index (χ3v) is 2.09. The molecule has 0 atom stereocenters. The molecule has 7 heteroatoms. The van der Waals surface area contributed by atoms with E-state index in [1.165, 1.54) is 0 Å². The molecule has 18 heavy (non-hydrogen) atoms.